The Kier molecular flexibility index (Phi) is 12.4. The quantitative estimate of drug-likeness (QED) is 0.143. The first-order valence-corrected chi connectivity index (χ1v) is 19.1. The molecule has 294 valence electrons. The minimum Gasteiger partial charge on any atom is -0.453 e. The zero-order valence-corrected chi connectivity index (χ0v) is 32.7. The van der Waals surface area contributed by atoms with Gasteiger partial charge in [-0.25, -0.2) is 19.6 Å². The molecule has 4 N–H and O–H groups in total. The summed E-state index contributed by atoms with van der Waals surface area (Å²) in [5.74, 6) is 7.25. The lowest BCUT2D eigenvalue weighted by molar-refractivity contribution is -0.143. The molecule has 0 spiro atoms. The normalized spacial score (nSPS) is 17.6. The summed E-state index contributed by atoms with van der Waals surface area (Å²) in [7, 11) is 2.76. The van der Waals surface area contributed by atoms with Crippen molar-refractivity contribution < 1.29 is 28.7 Å². The van der Waals surface area contributed by atoms with Gasteiger partial charge >= 0.3 is 12.2 Å². The highest BCUT2D eigenvalue weighted by atomic mass is 16.6. The molecule has 0 saturated carbocycles. The number of rotatable bonds is 10. The standard InChI is InChI=1S/C42H50N8O6/c1-25(2)35(48-42(54)55-6)39(51)49-21-7-9-33(49)37-44-23-31(46-37)29-17-13-27(14-18-29)11-12-28-15-19-30(20-16-28)32-24-45-38(47-32)34-10-8-22-50(34)40(52)36(26(3)4)56-41(53)43-5/h13-20,23-26,33-36H,7-10,21-22H2,1-6H3,(H,43,53)(H,44,46)(H,45,47)(H,48,54)/t33-,34-,35-,36-/m0/s1. The van der Waals surface area contributed by atoms with Crippen LogP contribution in [0.4, 0.5) is 9.59 Å². The summed E-state index contributed by atoms with van der Waals surface area (Å²) in [4.78, 5) is 70.4. The third kappa shape index (κ3) is 8.88. The van der Waals surface area contributed by atoms with E-state index in [1.807, 2.05) is 76.2 Å². The third-order valence-electron chi connectivity index (χ3n) is 10.3. The van der Waals surface area contributed by atoms with Crippen LogP contribution in [0.5, 0.6) is 0 Å². The van der Waals surface area contributed by atoms with Crippen LogP contribution in [-0.4, -0.2) is 93.1 Å². The van der Waals surface area contributed by atoms with E-state index >= 15 is 0 Å². The fourth-order valence-corrected chi connectivity index (χ4v) is 7.23. The van der Waals surface area contributed by atoms with E-state index in [4.69, 9.17) is 9.47 Å². The maximum absolute atomic E-state index is 13.5. The number of likely N-dealkylation sites (tertiary alicyclic amines) is 2. The molecule has 14 heteroatoms. The van der Waals surface area contributed by atoms with Crippen molar-refractivity contribution in [1.82, 2.24) is 40.4 Å². The van der Waals surface area contributed by atoms with Gasteiger partial charge in [-0.15, -0.1) is 0 Å². The summed E-state index contributed by atoms with van der Waals surface area (Å²) in [6.07, 6.45) is 4.64. The van der Waals surface area contributed by atoms with Gasteiger partial charge in [-0.05, 0) is 72.9 Å². The van der Waals surface area contributed by atoms with Crippen LogP contribution >= 0.6 is 0 Å². The van der Waals surface area contributed by atoms with Crippen molar-refractivity contribution >= 4 is 24.0 Å². The lowest BCUT2D eigenvalue weighted by Crippen LogP contribution is -2.51. The number of hydrogen-bond acceptors (Lipinski definition) is 8. The molecular formula is C42H50N8O6. The molecule has 2 fully saturated rings. The van der Waals surface area contributed by atoms with Gasteiger partial charge in [0.1, 0.15) is 17.7 Å². The molecule has 56 heavy (non-hydrogen) atoms. The fraction of sp³-hybridized carbons (Fsp3) is 0.429. The summed E-state index contributed by atoms with van der Waals surface area (Å²) < 4.78 is 10.2. The maximum Gasteiger partial charge on any atom is 0.407 e. The average molecular weight is 763 g/mol. The second kappa shape index (κ2) is 17.6. The molecule has 0 radical (unpaired) electrons. The van der Waals surface area contributed by atoms with E-state index in [-0.39, 0.29) is 35.7 Å². The van der Waals surface area contributed by atoms with Crippen molar-refractivity contribution in [2.24, 2.45) is 11.8 Å². The van der Waals surface area contributed by atoms with E-state index in [1.54, 1.807) is 22.2 Å². The molecule has 2 aromatic heterocycles. The van der Waals surface area contributed by atoms with E-state index in [0.29, 0.717) is 24.7 Å². The fourth-order valence-electron chi connectivity index (χ4n) is 7.23. The largest absolute Gasteiger partial charge is 0.453 e. The number of aromatic amines is 2. The van der Waals surface area contributed by atoms with Crippen LogP contribution < -0.4 is 10.6 Å². The number of alkyl carbamates (subject to hydrolysis) is 2. The minimum atomic E-state index is -0.877. The molecule has 0 bridgehead atoms. The number of ether oxygens (including phenoxy) is 2. The molecule has 4 atom stereocenters. The second-order valence-electron chi connectivity index (χ2n) is 14.8. The number of benzene rings is 2. The number of methoxy groups -OCH3 is 1. The van der Waals surface area contributed by atoms with Crippen LogP contribution in [0.15, 0.2) is 60.9 Å². The Morgan fingerprint density at radius 2 is 1.21 bits per heavy atom. The molecule has 2 aromatic carbocycles. The molecule has 6 rings (SSSR count). The molecule has 2 aliphatic rings. The van der Waals surface area contributed by atoms with Gasteiger partial charge in [0.15, 0.2) is 6.10 Å². The molecule has 4 heterocycles. The van der Waals surface area contributed by atoms with Crippen LogP contribution in [0.25, 0.3) is 22.5 Å². The Morgan fingerprint density at radius 3 is 1.64 bits per heavy atom. The number of nitrogens with zero attached hydrogens (tertiary/aromatic N) is 4. The predicted molar refractivity (Wildman–Crippen MR) is 210 cm³/mol. The Morgan fingerprint density at radius 1 is 0.732 bits per heavy atom. The molecule has 14 nitrogen and oxygen atoms in total. The van der Waals surface area contributed by atoms with Gasteiger partial charge in [0.2, 0.25) is 5.91 Å². The Hall–Kier alpha value is -6.10. The molecule has 2 saturated heterocycles. The van der Waals surface area contributed by atoms with Gasteiger partial charge in [-0.1, -0.05) is 63.8 Å². The van der Waals surface area contributed by atoms with Crippen molar-refractivity contribution in [3.8, 4) is 34.4 Å². The molecule has 0 unspecified atom stereocenters. The minimum absolute atomic E-state index is 0.107. The first kappa shape index (κ1) is 39.6. The third-order valence-corrected chi connectivity index (χ3v) is 10.3. The Balaban J connectivity index is 1.08. The predicted octanol–water partition coefficient (Wildman–Crippen LogP) is 5.95. The summed E-state index contributed by atoms with van der Waals surface area (Å²) in [5.41, 5.74) is 5.28. The number of H-pyrrole nitrogens is 2. The molecule has 4 amide bonds. The Bertz CT molecular complexity index is 1930. The second-order valence-corrected chi connectivity index (χ2v) is 14.8. The maximum atomic E-state index is 13.5. The highest BCUT2D eigenvalue weighted by Crippen LogP contribution is 2.34. The van der Waals surface area contributed by atoms with Crippen LogP contribution in [-0.2, 0) is 19.1 Å². The van der Waals surface area contributed by atoms with Crippen LogP contribution in [0.3, 0.4) is 0 Å². The summed E-state index contributed by atoms with van der Waals surface area (Å²) in [6.45, 7) is 8.67. The smallest absolute Gasteiger partial charge is 0.407 e. The highest BCUT2D eigenvalue weighted by molar-refractivity contribution is 5.86. The molecule has 2 aliphatic heterocycles. The monoisotopic (exact) mass is 762 g/mol. The zero-order chi connectivity index (χ0) is 39.9. The van der Waals surface area contributed by atoms with Crippen molar-refractivity contribution in [1.29, 1.82) is 0 Å². The lowest BCUT2D eigenvalue weighted by Gasteiger charge is -2.30. The number of aromatic nitrogens is 4. The Labute approximate surface area is 327 Å². The first-order valence-electron chi connectivity index (χ1n) is 19.1. The van der Waals surface area contributed by atoms with Gasteiger partial charge < -0.3 is 39.9 Å². The van der Waals surface area contributed by atoms with Gasteiger partial charge in [-0.3, -0.25) is 9.59 Å². The summed E-state index contributed by atoms with van der Waals surface area (Å²) in [6, 6.07) is 14.7. The number of nitrogens with one attached hydrogen (secondary N) is 4. The summed E-state index contributed by atoms with van der Waals surface area (Å²) >= 11 is 0. The number of carbonyl (C=O) groups excluding carboxylic acids is 4. The van der Waals surface area contributed by atoms with E-state index in [0.717, 1.165) is 59.3 Å². The van der Waals surface area contributed by atoms with Gasteiger partial charge in [-0.2, -0.15) is 0 Å². The van der Waals surface area contributed by atoms with Crippen LogP contribution in [0, 0.1) is 23.7 Å². The SMILES string of the molecule is CNC(=O)O[C@H](C(=O)N1CCC[C@H]1c1ncc(-c2ccc(C#Cc3ccc(-c4cnc([C@@H]5CCCN5C(=O)[C@@H](NC(=O)OC)C(C)C)[nH]4)cc3)cc2)[nH]1)C(C)C. The number of amides is 4. The van der Waals surface area contributed by atoms with Crippen molar-refractivity contribution in [2.45, 2.75) is 77.6 Å². The molecule has 4 aromatic rings. The van der Waals surface area contributed by atoms with Crippen LogP contribution in [0.1, 0.15) is 88.2 Å². The molecule has 0 aliphatic carbocycles. The first-order chi connectivity index (χ1) is 27.0. The lowest BCUT2D eigenvalue weighted by atomic mass is 10.0. The number of imidazole rings is 2. The summed E-state index contributed by atoms with van der Waals surface area (Å²) in [5, 5.41) is 5.11. The van der Waals surface area contributed by atoms with Crippen molar-refractivity contribution in [2.75, 3.05) is 27.2 Å². The van der Waals surface area contributed by atoms with Gasteiger partial charge in [0, 0.05) is 31.3 Å². The number of hydrogen-bond donors (Lipinski definition) is 4. The van der Waals surface area contributed by atoms with Crippen LogP contribution in [0.2, 0.25) is 0 Å². The van der Waals surface area contributed by atoms with E-state index in [2.05, 4.69) is 42.4 Å². The van der Waals surface area contributed by atoms with Gasteiger partial charge in [0.25, 0.3) is 5.91 Å². The van der Waals surface area contributed by atoms with E-state index < -0.39 is 24.3 Å². The van der Waals surface area contributed by atoms with Crippen molar-refractivity contribution in [3.05, 3.63) is 83.7 Å². The van der Waals surface area contributed by atoms with Gasteiger partial charge in [0.05, 0.1) is 43.0 Å². The molecular weight excluding hydrogens is 713 g/mol. The average Bonchev–Trinajstić information content (AvgIpc) is 4.04. The number of carbonyl (C=O) groups is 4. The van der Waals surface area contributed by atoms with E-state index in [1.165, 1.54) is 14.2 Å². The van der Waals surface area contributed by atoms with Crippen molar-refractivity contribution in [3.63, 3.8) is 0 Å². The highest BCUT2D eigenvalue weighted by Gasteiger charge is 2.39. The zero-order valence-electron chi connectivity index (χ0n) is 32.7. The topological polar surface area (TPSA) is 175 Å². The van der Waals surface area contributed by atoms with E-state index in [9.17, 15) is 19.2 Å².